The lowest BCUT2D eigenvalue weighted by Gasteiger charge is -2.28. The van der Waals surface area contributed by atoms with E-state index in [0.717, 1.165) is 73.2 Å². The van der Waals surface area contributed by atoms with Gasteiger partial charge < -0.3 is 75.9 Å². The molecule has 5 rings (SSSR count). The van der Waals surface area contributed by atoms with E-state index >= 15 is 0 Å². The highest BCUT2D eigenvalue weighted by Crippen LogP contribution is 2.22. The van der Waals surface area contributed by atoms with E-state index in [2.05, 4.69) is 57.2 Å². The molecule has 1 saturated heterocycles. The fourth-order valence-electron chi connectivity index (χ4n) is 9.35. The molecule has 1 fully saturated rings. The van der Waals surface area contributed by atoms with E-state index in [0.29, 0.717) is 24.1 Å². The summed E-state index contributed by atoms with van der Waals surface area (Å²) in [5.74, 6) is -6.70. The van der Waals surface area contributed by atoms with Crippen LogP contribution in [0.4, 0.5) is 0 Å². The predicted molar refractivity (Wildman–Crippen MR) is 299 cm³/mol. The summed E-state index contributed by atoms with van der Waals surface area (Å²) >= 11 is 0. The molecule has 78 heavy (non-hydrogen) atoms. The van der Waals surface area contributed by atoms with Crippen molar-refractivity contribution in [1.29, 1.82) is 0 Å². The highest BCUT2D eigenvalue weighted by Gasteiger charge is 2.36. The van der Waals surface area contributed by atoms with Gasteiger partial charge in [-0.15, -0.1) is 0 Å². The zero-order chi connectivity index (χ0) is 56.6. The van der Waals surface area contributed by atoms with Crippen LogP contribution in [-0.2, 0) is 51.2 Å². The van der Waals surface area contributed by atoms with Gasteiger partial charge in [0.2, 0.25) is 47.3 Å². The van der Waals surface area contributed by atoms with Crippen LogP contribution >= 0.6 is 0 Å². The number of amides is 8. The van der Waals surface area contributed by atoms with E-state index in [4.69, 9.17) is 28.7 Å². The van der Waals surface area contributed by atoms with E-state index in [-0.39, 0.29) is 62.9 Å². The number of nitrogens with two attached hydrogens (primary N) is 5. The van der Waals surface area contributed by atoms with Gasteiger partial charge in [-0.05, 0) is 61.3 Å². The van der Waals surface area contributed by atoms with Crippen molar-refractivity contribution in [3.63, 3.8) is 0 Å². The van der Waals surface area contributed by atoms with Crippen molar-refractivity contribution in [3.8, 4) is 0 Å². The standard InChI is InChI=1S/C54H80N16O8/c1-32(2)25-40-48(74)68-41(26-33-29-62-37-19-13-11-17-35(33)37)50(76)70-43(28-45(55)71)51(77)66-39(21-16-24-61-54(58)59)47(73)64-31-44(65-46(72)22-10-8-6-4-3-5-7-9-15-23-60-53(56)57)52(78)69-42(49(75)67-40)27-34-30-63-38-20-14-12-18-36(34)38/h11-14,17-20,29-30,32,39-44,62-63H,3-10,15-16,21-28,31H2,1-2H3,(H2,55,71)(H,64,73)(H,65,72)(H,66,77)(H,67,75)(H,68,74)(H,69,78)(H,70,76)(H4,56,57,60)(H4,58,59,61)/t39-,40+,41-,42-,43-,44?/m1/s1. The number of unbranched alkanes of at least 4 members (excludes halogenated alkanes) is 8. The topological polar surface area (TPSA) is 407 Å². The number of H-pyrrole nitrogens is 2. The number of hydrogen-bond acceptors (Lipinski definition) is 10. The first kappa shape index (κ1) is 60.7. The molecule has 424 valence electrons. The largest absolute Gasteiger partial charge is 0.370 e. The number of aromatic nitrogens is 2. The van der Waals surface area contributed by atoms with Gasteiger partial charge in [0.05, 0.1) is 6.42 Å². The van der Waals surface area contributed by atoms with E-state index in [1.54, 1.807) is 12.4 Å². The molecule has 24 nitrogen and oxygen atoms in total. The maximum absolute atomic E-state index is 14.8. The third kappa shape index (κ3) is 20.1. The van der Waals surface area contributed by atoms with Crippen LogP contribution in [0.5, 0.6) is 0 Å². The molecule has 0 spiro atoms. The summed E-state index contributed by atoms with van der Waals surface area (Å²) in [5.41, 5.74) is 30.3. The Morgan fingerprint density at radius 2 is 1.00 bits per heavy atom. The van der Waals surface area contributed by atoms with E-state index < -0.39 is 96.5 Å². The lowest BCUT2D eigenvalue weighted by Crippen LogP contribution is -2.60. The lowest BCUT2D eigenvalue weighted by atomic mass is 9.99. The Hall–Kier alpha value is -8.18. The minimum atomic E-state index is -1.64. The molecule has 2 aromatic heterocycles. The number of benzene rings is 2. The molecule has 8 amide bonds. The number of aliphatic imine (C=N–C) groups is 2. The van der Waals surface area contributed by atoms with Gasteiger partial charge in [0.25, 0.3) is 0 Å². The zero-order valence-electron chi connectivity index (χ0n) is 44.8. The molecule has 1 unspecified atom stereocenters. The Kier molecular flexibility index (Phi) is 24.2. The summed E-state index contributed by atoms with van der Waals surface area (Å²) in [6.07, 6.45) is 11.0. The summed E-state index contributed by atoms with van der Waals surface area (Å²) in [6.45, 7) is 3.86. The van der Waals surface area contributed by atoms with E-state index in [1.807, 2.05) is 62.4 Å². The second-order valence-electron chi connectivity index (χ2n) is 20.3. The summed E-state index contributed by atoms with van der Waals surface area (Å²) < 4.78 is 0. The van der Waals surface area contributed by atoms with Crippen molar-refractivity contribution < 1.29 is 38.4 Å². The van der Waals surface area contributed by atoms with Gasteiger partial charge >= 0.3 is 0 Å². The molecule has 6 atom stereocenters. The number of carbonyl (C=O) groups excluding carboxylic acids is 8. The average molecular weight is 1080 g/mol. The monoisotopic (exact) mass is 1080 g/mol. The van der Waals surface area contributed by atoms with Crippen LogP contribution in [-0.4, -0.2) is 125 Å². The molecule has 0 saturated carbocycles. The fraction of sp³-hybridized carbons (Fsp3) is 0.519. The van der Waals surface area contributed by atoms with Crippen LogP contribution in [0.15, 0.2) is 70.9 Å². The van der Waals surface area contributed by atoms with Gasteiger partial charge in [-0.3, -0.25) is 48.3 Å². The highest BCUT2D eigenvalue weighted by molar-refractivity contribution is 5.99. The Morgan fingerprint density at radius 1 is 0.551 bits per heavy atom. The third-order valence-corrected chi connectivity index (χ3v) is 13.4. The maximum Gasteiger partial charge on any atom is 0.245 e. The van der Waals surface area contributed by atoms with Crippen LogP contribution in [0.2, 0.25) is 0 Å². The number of para-hydroxylation sites is 2. The fourth-order valence-corrected chi connectivity index (χ4v) is 9.35. The molecule has 0 radical (unpaired) electrons. The number of nitrogens with zero attached hydrogens (tertiary/aromatic N) is 2. The molecule has 2 aromatic carbocycles. The van der Waals surface area contributed by atoms with Crippen LogP contribution in [0.3, 0.4) is 0 Å². The summed E-state index contributed by atoms with van der Waals surface area (Å²) in [6, 6.07) is 6.23. The van der Waals surface area contributed by atoms with Crippen LogP contribution in [0.1, 0.15) is 115 Å². The van der Waals surface area contributed by atoms with Crippen LogP contribution in [0, 0.1) is 5.92 Å². The summed E-state index contributed by atoms with van der Waals surface area (Å²) in [7, 11) is 0. The minimum absolute atomic E-state index is 0.0548. The number of nitrogens with one attached hydrogen (secondary N) is 9. The van der Waals surface area contributed by atoms with Crippen molar-refractivity contribution in [2.24, 2.45) is 44.6 Å². The van der Waals surface area contributed by atoms with Gasteiger partial charge in [0, 0.05) is 73.1 Å². The Morgan fingerprint density at radius 3 is 1.54 bits per heavy atom. The summed E-state index contributed by atoms with van der Waals surface area (Å²) in [5, 5.41) is 20.6. The second kappa shape index (κ2) is 31.1. The number of carbonyl (C=O) groups is 8. The number of hydrogen-bond donors (Lipinski definition) is 14. The second-order valence-corrected chi connectivity index (χ2v) is 20.3. The Bertz CT molecular complexity index is 2730. The van der Waals surface area contributed by atoms with Crippen molar-refractivity contribution in [2.75, 3.05) is 19.6 Å². The normalized spacial score (nSPS) is 20.0. The summed E-state index contributed by atoms with van der Waals surface area (Å²) in [4.78, 5) is 128. The molecule has 1 aliphatic rings. The van der Waals surface area contributed by atoms with Crippen LogP contribution < -0.4 is 65.9 Å². The predicted octanol–water partition coefficient (Wildman–Crippen LogP) is 0.622. The van der Waals surface area contributed by atoms with Crippen molar-refractivity contribution in [1.82, 2.24) is 47.2 Å². The molecule has 4 aromatic rings. The van der Waals surface area contributed by atoms with Gasteiger partial charge in [-0.25, -0.2) is 0 Å². The smallest absolute Gasteiger partial charge is 0.245 e. The minimum Gasteiger partial charge on any atom is -0.370 e. The van der Waals surface area contributed by atoms with Crippen molar-refractivity contribution in [3.05, 3.63) is 72.1 Å². The van der Waals surface area contributed by atoms with Gasteiger partial charge in [0.1, 0.15) is 36.3 Å². The number of rotatable bonds is 25. The molecule has 0 aliphatic carbocycles. The number of primary amides is 1. The molecule has 3 heterocycles. The molecular formula is C54H80N16O8. The van der Waals surface area contributed by atoms with Gasteiger partial charge in [0.15, 0.2) is 11.9 Å². The van der Waals surface area contributed by atoms with Crippen molar-refractivity contribution >= 4 is 81.0 Å². The molecule has 0 bridgehead atoms. The maximum atomic E-state index is 14.8. The van der Waals surface area contributed by atoms with E-state index in [1.165, 1.54) is 0 Å². The van der Waals surface area contributed by atoms with Gasteiger partial charge in [-0.1, -0.05) is 95.2 Å². The quantitative estimate of drug-likeness (QED) is 0.0247. The Balaban J connectivity index is 1.47. The Labute approximate surface area is 454 Å². The SMILES string of the molecule is CC(C)C[C@@H]1NC(=O)[C@@H](Cc2c[nH]c3ccccc23)NC(=O)C(NC(=O)CCCCCCCCCCCN=C(N)N)CNC(=O)[C@@H](CCCN=C(N)N)NC(=O)[C@@H](CC(N)=O)NC(=O)[C@@H](Cc2c[nH]c3ccccc23)NC1=O. The van der Waals surface area contributed by atoms with Crippen LogP contribution in [0.25, 0.3) is 21.8 Å². The third-order valence-electron chi connectivity index (χ3n) is 13.4. The molecule has 19 N–H and O–H groups in total. The van der Waals surface area contributed by atoms with Crippen molar-refractivity contribution in [2.45, 2.75) is 153 Å². The average Bonchev–Trinajstić information content (AvgIpc) is 4.06. The molecular weight excluding hydrogens is 1000 g/mol. The first-order chi connectivity index (χ1) is 37.4. The van der Waals surface area contributed by atoms with Gasteiger partial charge in [-0.2, -0.15) is 0 Å². The zero-order valence-corrected chi connectivity index (χ0v) is 44.8. The highest BCUT2D eigenvalue weighted by atomic mass is 16.2. The first-order valence-corrected chi connectivity index (χ1v) is 27.0. The lowest BCUT2D eigenvalue weighted by molar-refractivity contribution is -0.136. The molecule has 1 aliphatic heterocycles. The number of guanidine groups is 2. The molecule has 24 heteroatoms. The number of aromatic amines is 2. The first-order valence-electron chi connectivity index (χ1n) is 27.0. The number of fused-ring (bicyclic) bond motifs is 2. The van der Waals surface area contributed by atoms with E-state index in [9.17, 15) is 38.4 Å².